The van der Waals surface area contributed by atoms with Gasteiger partial charge in [0.15, 0.2) is 0 Å². The maximum atomic E-state index is 9.89. The molecule has 0 aromatic heterocycles. The molecule has 1 fully saturated rings. The normalized spacial score (nSPS) is 24.6. The number of hydrogen-bond acceptors (Lipinski definition) is 3. The fraction of sp³-hybridized carbons (Fsp3) is 0.800. The van der Waals surface area contributed by atoms with Crippen molar-refractivity contribution in [2.24, 2.45) is 0 Å². The number of rotatable bonds is 1. The van der Waals surface area contributed by atoms with Gasteiger partial charge in [-0.05, 0) is 13.8 Å². The molecule has 2 N–H and O–H groups in total. The first-order valence-electron chi connectivity index (χ1n) is 4.66. The zero-order valence-electron chi connectivity index (χ0n) is 8.25. The van der Waals surface area contributed by atoms with Crippen molar-refractivity contribution < 1.29 is 10.2 Å². The molecule has 3 nitrogen and oxygen atoms in total. The number of aliphatic hydroxyl groups is 2. The third-order valence-electron chi connectivity index (χ3n) is 2.51. The van der Waals surface area contributed by atoms with E-state index in [0.717, 1.165) is 0 Å². The lowest BCUT2D eigenvalue weighted by molar-refractivity contribution is -0.0424. The van der Waals surface area contributed by atoms with Crippen LogP contribution in [0.4, 0.5) is 0 Å². The van der Waals surface area contributed by atoms with Crippen molar-refractivity contribution in [2.75, 3.05) is 13.1 Å². The summed E-state index contributed by atoms with van der Waals surface area (Å²) in [6, 6.07) is 0. The topological polar surface area (TPSA) is 43.7 Å². The van der Waals surface area contributed by atoms with Crippen LogP contribution in [0.15, 0.2) is 0 Å². The van der Waals surface area contributed by atoms with E-state index in [1.165, 1.54) is 0 Å². The summed E-state index contributed by atoms with van der Waals surface area (Å²) < 4.78 is 0. The van der Waals surface area contributed by atoms with Crippen LogP contribution in [0, 0.1) is 11.8 Å². The molecule has 1 unspecified atom stereocenters. The molecular weight excluding hydrogens is 166 g/mol. The fourth-order valence-electron chi connectivity index (χ4n) is 1.63. The molecule has 1 saturated heterocycles. The summed E-state index contributed by atoms with van der Waals surface area (Å²) >= 11 is 0. The lowest BCUT2D eigenvalue weighted by atomic mass is 9.92. The van der Waals surface area contributed by atoms with Crippen molar-refractivity contribution in [3.8, 4) is 11.8 Å². The first-order chi connectivity index (χ1) is 6.07. The van der Waals surface area contributed by atoms with Gasteiger partial charge in [-0.15, -0.1) is 5.92 Å². The highest BCUT2D eigenvalue weighted by Gasteiger charge is 2.31. The predicted molar refractivity (Wildman–Crippen MR) is 50.9 cm³/mol. The molecule has 1 aliphatic heterocycles. The molecule has 0 aliphatic carbocycles. The van der Waals surface area contributed by atoms with Gasteiger partial charge in [0.2, 0.25) is 0 Å². The van der Waals surface area contributed by atoms with Crippen LogP contribution in [-0.2, 0) is 0 Å². The molecule has 0 amide bonds. The van der Waals surface area contributed by atoms with Gasteiger partial charge >= 0.3 is 0 Å². The molecule has 3 heteroatoms. The zero-order chi connectivity index (χ0) is 9.90. The van der Waals surface area contributed by atoms with Crippen molar-refractivity contribution in [1.29, 1.82) is 0 Å². The molecule has 1 atom stereocenters. The summed E-state index contributed by atoms with van der Waals surface area (Å²) in [4.78, 5) is 1.94. The predicted octanol–water partition coefficient (Wildman–Crippen LogP) is 0.175. The van der Waals surface area contributed by atoms with E-state index in [1.54, 1.807) is 13.8 Å². The Morgan fingerprint density at radius 1 is 1.38 bits per heavy atom. The second-order valence-corrected chi connectivity index (χ2v) is 3.57. The van der Waals surface area contributed by atoms with E-state index in [0.29, 0.717) is 25.9 Å². The number of likely N-dealkylation sites (tertiary alicyclic amines) is 1. The molecule has 0 radical (unpaired) electrons. The fourth-order valence-corrected chi connectivity index (χ4v) is 1.63. The molecule has 0 aromatic rings. The Bertz CT molecular complexity index is 219. The molecule has 0 aromatic carbocycles. The van der Waals surface area contributed by atoms with E-state index in [9.17, 15) is 10.2 Å². The van der Waals surface area contributed by atoms with E-state index in [-0.39, 0.29) is 0 Å². The van der Waals surface area contributed by atoms with Crippen LogP contribution < -0.4 is 0 Å². The van der Waals surface area contributed by atoms with E-state index < -0.39 is 11.8 Å². The summed E-state index contributed by atoms with van der Waals surface area (Å²) in [5, 5.41) is 19.2. The Labute approximate surface area is 79.4 Å². The van der Waals surface area contributed by atoms with E-state index in [2.05, 4.69) is 11.8 Å². The van der Waals surface area contributed by atoms with Gasteiger partial charge < -0.3 is 10.2 Å². The lowest BCUT2D eigenvalue weighted by Crippen LogP contribution is -2.46. The Hall–Kier alpha value is -0.560. The van der Waals surface area contributed by atoms with Gasteiger partial charge in [-0.3, -0.25) is 4.90 Å². The average molecular weight is 183 g/mol. The maximum Gasteiger partial charge on any atom is 0.127 e. The average Bonchev–Trinajstić information content (AvgIpc) is 2.05. The molecule has 1 rings (SSSR count). The van der Waals surface area contributed by atoms with Crippen LogP contribution in [0.2, 0.25) is 0 Å². The molecule has 0 bridgehead atoms. The molecule has 0 saturated carbocycles. The van der Waals surface area contributed by atoms with Crippen LogP contribution in [0.3, 0.4) is 0 Å². The van der Waals surface area contributed by atoms with E-state index in [4.69, 9.17) is 0 Å². The summed E-state index contributed by atoms with van der Waals surface area (Å²) in [5.41, 5.74) is -0.819. The van der Waals surface area contributed by atoms with Gasteiger partial charge in [0, 0.05) is 25.9 Å². The number of aliphatic hydroxyl groups excluding tert-OH is 1. The second kappa shape index (κ2) is 4.10. The largest absolute Gasteiger partial charge is 0.379 e. The van der Waals surface area contributed by atoms with Crippen molar-refractivity contribution >= 4 is 0 Å². The van der Waals surface area contributed by atoms with Crippen molar-refractivity contribution in [2.45, 2.75) is 38.5 Å². The van der Waals surface area contributed by atoms with Crippen LogP contribution in [0.25, 0.3) is 0 Å². The van der Waals surface area contributed by atoms with Gasteiger partial charge in [0.25, 0.3) is 0 Å². The highest BCUT2D eigenvalue weighted by atomic mass is 16.3. The molecule has 13 heavy (non-hydrogen) atoms. The highest BCUT2D eigenvalue weighted by Crippen LogP contribution is 2.21. The first-order valence-corrected chi connectivity index (χ1v) is 4.66. The number of piperidine rings is 1. The van der Waals surface area contributed by atoms with Gasteiger partial charge in [-0.2, -0.15) is 0 Å². The van der Waals surface area contributed by atoms with Gasteiger partial charge in [0.1, 0.15) is 11.8 Å². The third kappa shape index (κ3) is 2.70. The Morgan fingerprint density at radius 2 is 1.92 bits per heavy atom. The molecule has 74 valence electrons. The maximum absolute atomic E-state index is 9.89. The Kier molecular flexibility index (Phi) is 3.32. The number of hydrogen-bond donors (Lipinski definition) is 2. The smallest absolute Gasteiger partial charge is 0.127 e. The summed E-state index contributed by atoms with van der Waals surface area (Å²) in [5.74, 6) is 5.56. The standard InChI is InChI=1S/C10H17NO2/c1-3-4-10(13)5-7-11(8-6-10)9(2)12/h9,12-13H,5-8H2,1-2H3. The summed E-state index contributed by atoms with van der Waals surface area (Å²) in [6.45, 7) is 4.90. The van der Waals surface area contributed by atoms with Gasteiger partial charge in [-0.25, -0.2) is 0 Å². The lowest BCUT2D eigenvalue weighted by Gasteiger charge is -2.36. The Morgan fingerprint density at radius 3 is 2.31 bits per heavy atom. The van der Waals surface area contributed by atoms with Gasteiger partial charge in [0.05, 0.1) is 0 Å². The molecule has 1 heterocycles. The quantitative estimate of drug-likeness (QED) is 0.570. The Balaban J connectivity index is 2.50. The molecular formula is C10H17NO2. The van der Waals surface area contributed by atoms with Crippen LogP contribution in [0.5, 0.6) is 0 Å². The minimum Gasteiger partial charge on any atom is -0.379 e. The van der Waals surface area contributed by atoms with Crippen LogP contribution in [0.1, 0.15) is 26.7 Å². The van der Waals surface area contributed by atoms with Crippen LogP contribution >= 0.6 is 0 Å². The minimum atomic E-state index is -0.819. The zero-order valence-corrected chi connectivity index (χ0v) is 8.25. The van der Waals surface area contributed by atoms with E-state index in [1.807, 2.05) is 4.90 Å². The first kappa shape index (κ1) is 10.5. The minimum absolute atomic E-state index is 0.417. The van der Waals surface area contributed by atoms with Crippen LogP contribution in [-0.4, -0.2) is 40.0 Å². The monoisotopic (exact) mass is 183 g/mol. The van der Waals surface area contributed by atoms with Crippen molar-refractivity contribution in [3.05, 3.63) is 0 Å². The van der Waals surface area contributed by atoms with E-state index >= 15 is 0 Å². The van der Waals surface area contributed by atoms with Crippen molar-refractivity contribution in [3.63, 3.8) is 0 Å². The molecule has 1 aliphatic rings. The highest BCUT2D eigenvalue weighted by molar-refractivity contribution is 5.13. The van der Waals surface area contributed by atoms with Gasteiger partial charge in [-0.1, -0.05) is 5.92 Å². The SMILES string of the molecule is CC#CC1(O)CCN(C(C)O)CC1. The number of nitrogens with zero attached hydrogens (tertiary/aromatic N) is 1. The summed E-state index contributed by atoms with van der Waals surface area (Å²) in [6.07, 6.45) is 0.830. The van der Waals surface area contributed by atoms with Crippen molar-refractivity contribution in [1.82, 2.24) is 4.90 Å². The third-order valence-corrected chi connectivity index (χ3v) is 2.51. The molecule has 0 spiro atoms. The summed E-state index contributed by atoms with van der Waals surface area (Å²) in [7, 11) is 0. The second-order valence-electron chi connectivity index (χ2n) is 3.57.